The molecule has 8 aromatic carbocycles. The van der Waals surface area contributed by atoms with Crippen molar-refractivity contribution in [1.82, 2.24) is 4.57 Å². The van der Waals surface area contributed by atoms with Gasteiger partial charge >= 0.3 is 0 Å². The molecule has 1 aliphatic rings. The van der Waals surface area contributed by atoms with E-state index in [2.05, 4.69) is 228 Å². The van der Waals surface area contributed by atoms with Gasteiger partial charge in [-0.2, -0.15) is 0 Å². The van der Waals surface area contributed by atoms with Gasteiger partial charge in [-0.25, -0.2) is 0 Å². The minimum Gasteiger partial charge on any atom is -0.310 e. The van der Waals surface area contributed by atoms with Gasteiger partial charge in [-0.05, 0) is 101 Å². The Morgan fingerprint density at radius 3 is 1.59 bits per heavy atom. The largest absolute Gasteiger partial charge is 0.310 e. The van der Waals surface area contributed by atoms with E-state index in [1.54, 1.807) is 0 Å². The first-order chi connectivity index (χ1) is 26.6. The van der Waals surface area contributed by atoms with Gasteiger partial charge in [-0.3, -0.25) is 0 Å². The molecule has 0 spiro atoms. The fraction of sp³-hybridized carbons (Fsp3) is 0.0588. The van der Waals surface area contributed by atoms with E-state index in [1.165, 1.54) is 38.5 Å². The van der Waals surface area contributed by atoms with E-state index >= 15 is 0 Å². The Kier molecular flexibility index (Phi) is 7.48. The minimum absolute atomic E-state index is 0.0728. The molecular formula is C51H39N3. The Morgan fingerprint density at radius 2 is 0.926 bits per heavy atom. The Balaban J connectivity index is 1.32. The normalized spacial score (nSPS) is 12.8. The zero-order valence-corrected chi connectivity index (χ0v) is 30.4. The van der Waals surface area contributed by atoms with Crippen molar-refractivity contribution in [2.24, 2.45) is 0 Å². The van der Waals surface area contributed by atoms with E-state index in [4.69, 9.17) is 0 Å². The van der Waals surface area contributed by atoms with Crippen molar-refractivity contribution in [3.63, 3.8) is 0 Å². The molecule has 0 saturated heterocycles. The van der Waals surface area contributed by atoms with Gasteiger partial charge in [0, 0.05) is 44.6 Å². The second-order valence-electron chi connectivity index (χ2n) is 14.6. The highest BCUT2D eigenvalue weighted by Gasteiger charge is 2.35. The third-order valence-corrected chi connectivity index (χ3v) is 11.1. The predicted octanol–water partition coefficient (Wildman–Crippen LogP) is 14.0. The van der Waals surface area contributed by atoms with E-state index in [0.717, 1.165) is 45.3 Å². The van der Waals surface area contributed by atoms with Gasteiger partial charge in [-0.15, -0.1) is 0 Å². The van der Waals surface area contributed by atoms with Crippen molar-refractivity contribution in [2.75, 3.05) is 9.80 Å². The molecule has 9 aromatic rings. The van der Waals surface area contributed by atoms with E-state index in [-0.39, 0.29) is 5.41 Å². The lowest BCUT2D eigenvalue weighted by atomic mass is 9.82. The molecule has 1 heterocycles. The number of rotatable bonds is 7. The van der Waals surface area contributed by atoms with Crippen molar-refractivity contribution in [3.8, 4) is 16.8 Å². The summed E-state index contributed by atoms with van der Waals surface area (Å²) < 4.78 is 2.43. The number of benzene rings is 8. The van der Waals surface area contributed by atoms with Crippen LogP contribution in [0, 0.1) is 0 Å². The SMILES string of the molecule is CC1(C)c2ccccc2-c2cc(N(c3ccccc3)c3cc(N(c4ccccc4)c4ccccc4)c4c5ccccc5n(-c5ccccc5)c4c3)ccc21. The lowest BCUT2D eigenvalue weighted by Crippen LogP contribution is -2.16. The summed E-state index contributed by atoms with van der Waals surface area (Å²) in [6, 6.07) is 72.6. The van der Waals surface area contributed by atoms with Crippen molar-refractivity contribution in [3.05, 3.63) is 211 Å². The Hall–Kier alpha value is -6.84. The highest BCUT2D eigenvalue weighted by atomic mass is 15.2. The van der Waals surface area contributed by atoms with Crippen LogP contribution in [0.1, 0.15) is 25.0 Å². The monoisotopic (exact) mass is 693 g/mol. The quantitative estimate of drug-likeness (QED) is 0.165. The maximum atomic E-state index is 2.43. The number of para-hydroxylation sites is 5. The zero-order chi connectivity index (χ0) is 36.2. The molecule has 0 saturated carbocycles. The molecule has 3 nitrogen and oxygen atoms in total. The van der Waals surface area contributed by atoms with Crippen LogP contribution in [0.4, 0.5) is 34.1 Å². The van der Waals surface area contributed by atoms with Crippen LogP contribution >= 0.6 is 0 Å². The van der Waals surface area contributed by atoms with Crippen LogP contribution in [0.15, 0.2) is 200 Å². The highest BCUT2D eigenvalue weighted by Crippen LogP contribution is 2.52. The van der Waals surface area contributed by atoms with Crippen molar-refractivity contribution < 1.29 is 0 Å². The first-order valence-corrected chi connectivity index (χ1v) is 18.7. The van der Waals surface area contributed by atoms with Gasteiger partial charge in [0.25, 0.3) is 0 Å². The molecule has 0 bridgehead atoms. The van der Waals surface area contributed by atoms with Crippen molar-refractivity contribution in [2.45, 2.75) is 19.3 Å². The van der Waals surface area contributed by atoms with E-state index in [9.17, 15) is 0 Å². The van der Waals surface area contributed by atoms with Gasteiger partial charge in [0.1, 0.15) is 0 Å². The summed E-state index contributed by atoms with van der Waals surface area (Å²) in [4.78, 5) is 4.84. The first kappa shape index (κ1) is 31.9. The number of fused-ring (bicyclic) bond motifs is 6. The topological polar surface area (TPSA) is 11.4 Å². The average Bonchev–Trinajstić information content (AvgIpc) is 3.68. The number of hydrogen-bond donors (Lipinski definition) is 0. The van der Waals surface area contributed by atoms with Crippen LogP contribution in [-0.2, 0) is 5.41 Å². The highest BCUT2D eigenvalue weighted by molar-refractivity contribution is 6.18. The Labute approximate surface area is 316 Å². The van der Waals surface area contributed by atoms with Crippen LogP contribution in [0.2, 0.25) is 0 Å². The van der Waals surface area contributed by atoms with Crippen LogP contribution in [0.25, 0.3) is 38.6 Å². The van der Waals surface area contributed by atoms with Gasteiger partial charge in [-0.1, -0.05) is 135 Å². The molecule has 0 radical (unpaired) electrons. The molecule has 10 rings (SSSR count). The van der Waals surface area contributed by atoms with E-state index < -0.39 is 0 Å². The van der Waals surface area contributed by atoms with Crippen LogP contribution in [-0.4, -0.2) is 4.57 Å². The van der Waals surface area contributed by atoms with Crippen LogP contribution < -0.4 is 9.80 Å². The molecule has 0 atom stereocenters. The molecule has 0 N–H and O–H groups in total. The summed E-state index contributed by atoms with van der Waals surface area (Å²) in [5, 5.41) is 2.40. The molecule has 258 valence electrons. The van der Waals surface area contributed by atoms with Crippen LogP contribution in [0.5, 0.6) is 0 Å². The van der Waals surface area contributed by atoms with Crippen molar-refractivity contribution >= 4 is 55.9 Å². The Morgan fingerprint density at radius 1 is 0.389 bits per heavy atom. The smallest absolute Gasteiger partial charge is 0.0583 e. The van der Waals surface area contributed by atoms with Crippen LogP contribution in [0.3, 0.4) is 0 Å². The molecule has 54 heavy (non-hydrogen) atoms. The maximum Gasteiger partial charge on any atom is 0.0583 e. The van der Waals surface area contributed by atoms with E-state index in [0.29, 0.717) is 0 Å². The molecule has 3 heteroatoms. The average molecular weight is 694 g/mol. The van der Waals surface area contributed by atoms with Gasteiger partial charge in [0.2, 0.25) is 0 Å². The van der Waals surface area contributed by atoms with Gasteiger partial charge in [0.15, 0.2) is 0 Å². The molecule has 0 fully saturated rings. The summed E-state index contributed by atoms with van der Waals surface area (Å²) in [5.74, 6) is 0. The number of hydrogen-bond acceptors (Lipinski definition) is 2. The number of aromatic nitrogens is 1. The Bertz CT molecular complexity index is 2750. The third-order valence-electron chi connectivity index (χ3n) is 11.1. The number of nitrogens with zero attached hydrogens (tertiary/aromatic N) is 3. The summed E-state index contributed by atoms with van der Waals surface area (Å²) in [6.45, 7) is 4.69. The first-order valence-electron chi connectivity index (χ1n) is 18.7. The fourth-order valence-corrected chi connectivity index (χ4v) is 8.67. The third kappa shape index (κ3) is 5.04. The molecule has 0 aliphatic heterocycles. The zero-order valence-electron chi connectivity index (χ0n) is 30.4. The molecule has 1 aromatic heterocycles. The molecule has 0 amide bonds. The fourth-order valence-electron chi connectivity index (χ4n) is 8.67. The number of anilines is 6. The second kappa shape index (κ2) is 12.7. The lowest BCUT2D eigenvalue weighted by Gasteiger charge is -2.31. The minimum atomic E-state index is -0.0728. The molecule has 1 aliphatic carbocycles. The summed E-state index contributed by atoms with van der Waals surface area (Å²) >= 11 is 0. The second-order valence-corrected chi connectivity index (χ2v) is 14.6. The maximum absolute atomic E-state index is 2.43. The predicted molar refractivity (Wildman–Crippen MR) is 228 cm³/mol. The molecule has 0 unspecified atom stereocenters. The van der Waals surface area contributed by atoms with E-state index in [1.807, 2.05) is 0 Å². The summed E-state index contributed by atoms with van der Waals surface area (Å²) in [7, 11) is 0. The lowest BCUT2D eigenvalue weighted by molar-refractivity contribution is 0.660. The van der Waals surface area contributed by atoms with Gasteiger partial charge in [0.05, 0.1) is 22.4 Å². The molecular weight excluding hydrogens is 655 g/mol. The standard InChI is InChI=1S/C51H39N3/c1-51(2)45-29-17-15-27-42(45)44-33-40(31-32-46(44)51)52(36-19-7-3-8-20-36)41-34-48(53(37-21-9-4-10-22-37)38-23-11-5-12-24-38)50-43-28-16-18-30-47(43)54(49(50)35-41)39-25-13-6-14-26-39/h3-35H,1-2H3. The van der Waals surface area contributed by atoms with Gasteiger partial charge < -0.3 is 14.4 Å². The van der Waals surface area contributed by atoms with Crippen molar-refractivity contribution in [1.29, 1.82) is 0 Å². The summed E-state index contributed by atoms with van der Waals surface area (Å²) in [5.41, 5.74) is 15.3. The summed E-state index contributed by atoms with van der Waals surface area (Å²) in [6.07, 6.45) is 0.